The van der Waals surface area contributed by atoms with Gasteiger partial charge < -0.3 is 4.74 Å². The molecule has 276 valence electrons. The second kappa shape index (κ2) is 11.2. The van der Waals surface area contributed by atoms with Gasteiger partial charge in [-0.25, -0.2) is 15.0 Å². The van der Waals surface area contributed by atoms with Gasteiger partial charge in [-0.1, -0.05) is 123 Å². The van der Waals surface area contributed by atoms with E-state index in [1.165, 1.54) is 94.2 Å². The Balaban J connectivity index is 1.04. The van der Waals surface area contributed by atoms with E-state index in [1.54, 1.807) is 0 Å². The minimum atomic E-state index is -0.549. The van der Waals surface area contributed by atoms with Gasteiger partial charge in [0.2, 0.25) is 0 Å². The fourth-order valence-electron chi connectivity index (χ4n) is 13.1. The van der Waals surface area contributed by atoms with Crippen LogP contribution in [0.2, 0.25) is 0 Å². The summed E-state index contributed by atoms with van der Waals surface area (Å²) in [6.07, 6.45) is 7.74. The Morgan fingerprint density at radius 1 is 0.456 bits per heavy atom. The number of aromatic nitrogens is 3. The highest BCUT2D eigenvalue weighted by molar-refractivity contribution is 5.90. The van der Waals surface area contributed by atoms with Crippen LogP contribution in [-0.2, 0) is 16.2 Å². The lowest BCUT2D eigenvalue weighted by Gasteiger charge is -2.56. The molecule has 7 aliphatic rings. The molecule has 0 unspecified atom stereocenters. The van der Waals surface area contributed by atoms with Crippen LogP contribution in [-0.4, -0.2) is 15.0 Å². The Kier molecular flexibility index (Phi) is 6.31. The molecule has 0 atom stereocenters. The minimum Gasteiger partial charge on any atom is -0.457 e. The smallest absolute Gasteiger partial charge is 0.163 e. The zero-order valence-corrected chi connectivity index (χ0v) is 32.4. The van der Waals surface area contributed by atoms with E-state index in [1.807, 2.05) is 0 Å². The zero-order chi connectivity index (χ0) is 37.7. The van der Waals surface area contributed by atoms with Crippen molar-refractivity contribution in [1.82, 2.24) is 15.0 Å². The number of ether oxygens (including phenoxy) is 1. The molecular formula is C53H43N3O. The number of benzene rings is 6. The average Bonchev–Trinajstić information content (AvgIpc) is 3.65. The number of nitrogens with zero attached hydrogens (tertiary/aromatic N) is 3. The van der Waals surface area contributed by atoms with Crippen LogP contribution in [0, 0.1) is 17.8 Å². The van der Waals surface area contributed by atoms with E-state index in [0.29, 0.717) is 0 Å². The molecule has 2 heterocycles. The SMILES string of the molecule is CC1(C)c2ccccc2-c2ccc(-c3nc(-c4ccc5c(c4)C4(c6ccccc6Oc6ccccc64)c4ccccc4-5)nc(C45CC6C[C@H](C4)C[C@@H](C6)C5)n3)cc21. The molecule has 6 aliphatic carbocycles. The van der Waals surface area contributed by atoms with Crippen LogP contribution in [0.15, 0.2) is 133 Å². The molecule has 7 aromatic rings. The van der Waals surface area contributed by atoms with E-state index >= 15 is 0 Å². The highest BCUT2D eigenvalue weighted by Gasteiger charge is 2.54. The number of rotatable bonds is 3. The molecule has 4 bridgehead atoms. The van der Waals surface area contributed by atoms with Crippen molar-refractivity contribution >= 4 is 0 Å². The molecule has 4 heteroatoms. The van der Waals surface area contributed by atoms with Gasteiger partial charge in [0.15, 0.2) is 11.6 Å². The predicted molar refractivity (Wildman–Crippen MR) is 225 cm³/mol. The van der Waals surface area contributed by atoms with Gasteiger partial charge >= 0.3 is 0 Å². The molecule has 4 saturated carbocycles. The molecule has 4 fully saturated rings. The summed E-state index contributed by atoms with van der Waals surface area (Å²) in [5.74, 6) is 6.74. The fourth-order valence-corrected chi connectivity index (χ4v) is 13.1. The Labute approximate surface area is 334 Å². The topological polar surface area (TPSA) is 47.9 Å². The summed E-state index contributed by atoms with van der Waals surface area (Å²) in [4.78, 5) is 16.6. The van der Waals surface area contributed by atoms with Crippen LogP contribution >= 0.6 is 0 Å². The first kappa shape index (κ1) is 32.2. The van der Waals surface area contributed by atoms with Gasteiger partial charge in [-0.3, -0.25) is 0 Å². The summed E-state index contributed by atoms with van der Waals surface area (Å²) in [5, 5.41) is 0. The Morgan fingerprint density at radius 3 is 1.51 bits per heavy atom. The van der Waals surface area contributed by atoms with Crippen LogP contribution in [0.3, 0.4) is 0 Å². The molecule has 6 aromatic carbocycles. The second-order valence-corrected chi connectivity index (χ2v) is 18.6. The molecule has 0 amide bonds. The van der Waals surface area contributed by atoms with E-state index < -0.39 is 5.41 Å². The maximum absolute atomic E-state index is 6.64. The Hall–Kier alpha value is -5.87. The normalized spacial score (nSPS) is 24.2. The van der Waals surface area contributed by atoms with Gasteiger partial charge in [-0.15, -0.1) is 0 Å². The van der Waals surface area contributed by atoms with Crippen molar-refractivity contribution in [3.8, 4) is 56.5 Å². The first-order valence-corrected chi connectivity index (χ1v) is 21.0. The molecule has 0 radical (unpaired) electrons. The van der Waals surface area contributed by atoms with Crippen LogP contribution in [0.25, 0.3) is 45.0 Å². The molecule has 14 rings (SSSR count). The highest BCUT2D eigenvalue weighted by Crippen LogP contribution is 2.63. The molecule has 57 heavy (non-hydrogen) atoms. The maximum atomic E-state index is 6.64. The maximum Gasteiger partial charge on any atom is 0.163 e. The number of hydrogen-bond acceptors (Lipinski definition) is 4. The highest BCUT2D eigenvalue weighted by atomic mass is 16.5. The summed E-state index contributed by atoms with van der Waals surface area (Å²) < 4.78 is 6.64. The average molecular weight is 738 g/mol. The van der Waals surface area contributed by atoms with Gasteiger partial charge in [-0.05, 0) is 125 Å². The Morgan fingerprint density at radius 2 is 0.912 bits per heavy atom. The molecule has 0 saturated heterocycles. The van der Waals surface area contributed by atoms with Gasteiger partial charge in [0.25, 0.3) is 0 Å². The van der Waals surface area contributed by atoms with E-state index in [4.69, 9.17) is 19.7 Å². The van der Waals surface area contributed by atoms with Crippen LogP contribution in [0.5, 0.6) is 11.5 Å². The molecule has 0 N–H and O–H groups in total. The molecule has 4 nitrogen and oxygen atoms in total. The number of para-hydroxylation sites is 2. The van der Waals surface area contributed by atoms with Crippen molar-refractivity contribution in [3.63, 3.8) is 0 Å². The Bertz CT molecular complexity index is 2790. The third kappa shape index (κ3) is 4.26. The zero-order valence-electron chi connectivity index (χ0n) is 32.4. The molecular weight excluding hydrogens is 695 g/mol. The standard InChI is InChI=1S/C53H43N3O/c1-51(2)40-13-5-3-11-36(40)38-21-19-34(26-44(38)51)48-54-49(56-50(55-48)52-28-31-23-32(29-52)25-33(24-31)30-52)35-20-22-39-37-12-4-6-14-41(37)53(45(39)27-35)42-15-7-9-17-46(42)57-47-18-10-8-16-43(47)53/h3-22,26-27,31-33H,23-25,28-30H2,1-2H3/t31-,32+,33?,52?. The summed E-state index contributed by atoms with van der Waals surface area (Å²) in [5.41, 5.74) is 14.2. The first-order chi connectivity index (χ1) is 27.9. The summed E-state index contributed by atoms with van der Waals surface area (Å²) in [6, 6.07) is 48.9. The van der Waals surface area contributed by atoms with Crippen LogP contribution in [0.4, 0.5) is 0 Å². The molecule has 1 aliphatic heterocycles. The van der Waals surface area contributed by atoms with Crippen molar-refractivity contribution < 1.29 is 4.74 Å². The van der Waals surface area contributed by atoms with Gasteiger partial charge in [0.1, 0.15) is 17.3 Å². The largest absolute Gasteiger partial charge is 0.457 e. The van der Waals surface area contributed by atoms with Crippen molar-refractivity contribution in [3.05, 3.63) is 173 Å². The first-order valence-electron chi connectivity index (χ1n) is 21.0. The summed E-state index contributed by atoms with van der Waals surface area (Å²) >= 11 is 0. The second-order valence-electron chi connectivity index (χ2n) is 18.6. The van der Waals surface area contributed by atoms with Crippen LogP contribution in [0.1, 0.15) is 91.6 Å². The molecule has 1 aromatic heterocycles. The van der Waals surface area contributed by atoms with E-state index in [2.05, 4.69) is 147 Å². The van der Waals surface area contributed by atoms with E-state index in [9.17, 15) is 0 Å². The van der Waals surface area contributed by atoms with E-state index in [-0.39, 0.29) is 10.8 Å². The van der Waals surface area contributed by atoms with Gasteiger partial charge in [0.05, 0.1) is 5.41 Å². The van der Waals surface area contributed by atoms with Crippen molar-refractivity contribution in [2.45, 2.75) is 68.6 Å². The lowest BCUT2D eigenvalue weighted by molar-refractivity contribution is -0.00938. The summed E-state index contributed by atoms with van der Waals surface area (Å²) in [6.45, 7) is 4.71. The lowest BCUT2D eigenvalue weighted by Crippen LogP contribution is -2.49. The van der Waals surface area contributed by atoms with Gasteiger partial charge in [-0.2, -0.15) is 0 Å². The minimum absolute atomic E-state index is 0.0141. The number of hydrogen-bond donors (Lipinski definition) is 0. The van der Waals surface area contributed by atoms with Crippen molar-refractivity contribution in [2.24, 2.45) is 17.8 Å². The summed E-state index contributed by atoms with van der Waals surface area (Å²) in [7, 11) is 0. The number of fused-ring (bicyclic) bond motifs is 12. The fraction of sp³-hybridized carbons (Fsp3) is 0.264. The van der Waals surface area contributed by atoms with Crippen LogP contribution < -0.4 is 4.74 Å². The lowest BCUT2D eigenvalue weighted by atomic mass is 9.49. The monoisotopic (exact) mass is 737 g/mol. The molecule has 1 spiro atoms. The predicted octanol–water partition coefficient (Wildman–Crippen LogP) is 12.4. The quantitative estimate of drug-likeness (QED) is 0.181. The third-order valence-corrected chi connectivity index (χ3v) is 15.1. The third-order valence-electron chi connectivity index (χ3n) is 15.1. The van der Waals surface area contributed by atoms with Gasteiger partial charge in [0, 0.05) is 33.1 Å². The van der Waals surface area contributed by atoms with Crippen molar-refractivity contribution in [1.29, 1.82) is 0 Å². The van der Waals surface area contributed by atoms with Crippen molar-refractivity contribution in [2.75, 3.05) is 0 Å². The van der Waals surface area contributed by atoms with E-state index in [0.717, 1.165) is 57.9 Å².